The van der Waals surface area contributed by atoms with E-state index in [4.69, 9.17) is 0 Å². The number of hydrogen-bond acceptors (Lipinski definition) is 3. The van der Waals surface area contributed by atoms with E-state index in [0.717, 1.165) is 25.7 Å². The van der Waals surface area contributed by atoms with Gasteiger partial charge in [0, 0.05) is 6.54 Å². The standard InChI is InChI=1S/C14H23N3O2/c1-3-9-16-12(18)11(2)17-13(19)14(10-15)7-5-4-6-8-14/h11H,3-9H2,1-2H3,(H,16,18)(H,17,19). The fraction of sp³-hybridized carbons (Fsp3) is 0.786. The molecule has 0 heterocycles. The summed E-state index contributed by atoms with van der Waals surface area (Å²) >= 11 is 0. The van der Waals surface area contributed by atoms with Crippen molar-refractivity contribution in [3.05, 3.63) is 0 Å². The minimum atomic E-state index is -0.933. The monoisotopic (exact) mass is 265 g/mol. The van der Waals surface area contributed by atoms with Crippen molar-refractivity contribution in [1.82, 2.24) is 10.6 Å². The maximum Gasteiger partial charge on any atom is 0.242 e. The second-order valence-corrected chi connectivity index (χ2v) is 5.24. The van der Waals surface area contributed by atoms with Crippen LogP contribution < -0.4 is 10.6 Å². The number of nitrogens with zero attached hydrogens (tertiary/aromatic N) is 1. The normalized spacial score (nSPS) is 19.0. The first-order valence-corrected chi connectivity index (χ1v) is 7.05. The highest BCUT2D eigenvalue weighted by molar-refractivity contribution is 5.91. The Kier molecular flexibility index (Phi) is 5.81. The largest absolute Gasteiger partial charge is 0.354 e. The minimum Gasteiger partial charge on any atom is -0.354 e. The van der Waals surface area contributed by atoms with Crippen LogP contribution in [0.2, 0.25) is 0 Å². The first-order chi connectivity index (χ1) is 9.05. The summed E-state index contributed by atoms with van der Waals surface area (Å²) in [5.41, 5.74) is -0.933. The fourth-order valence-corrected chi connectivity index (χ4v) is 2.35. The molecule has 1 aliphatic rings. The number of nitriles is 1. The summed E-state index contributed by atoms with van der Waals surface area (Å²) in [6.45, 7) is 4.22. The molecular weight excluding hydrogens is 242 g/mol. The molecule has 0 aromatic carbocycles. The third-order valence-electron chi connectivity index (χ3n) is 3.65. The van der Waals surface area contributed by atoms with Crippen LogP contribution in [0.1, 0.15) is 52.4 Å². The van der Waals surface area contributed by atoms with Gasteiger partial charge in [0.25, 0.3) is 0 Å². The van der Waals surface area contributed by atoms with Crippen LogP contribution in [-0.4, -0.2) is 24.4 Å². The topological polar surface area (TPSA) is 82.0 Å². The van der Waals surface area contributed by atoms with Crippen molar-refractivity contribution in [2.24, 2.45) is 5.41 Å². The molecule has 1 atom stereocenters. The molecule has 0 aliphatic heterocycles. The van der Waals surface area contributed by atoms with Crippen LogP contribution in [0.3, 0.4) is 0 Å². The Morgan fingerprint density at radius 2 is 1.95 bits per heavy atom. The molecule has 0 spiro atoms. The molecule has 0 aromatic rings. The summed E-state index contributed by atoms with van der Waals surface area (Å²) < 4.78 is 0. The summed E-state index contributed by atoms with van der Waals surface area (Å²) in [6.07, 6.45) is 4.92. The van der Waals surface area contributed by atoms with Crippen LogP contribution in [-0.2, 0) is 9.59 Å². The smallest absolute Gasteiger partial charge is 0.242 e. The lowest BCUT2D eigenvalue weighted by molar-refractivity contribution is -0.134. The molecule has 5 nitrogen and oxygen atoms in total. The Hall–Kier alpha value is -1.57. The van der Waals surface area contributed by atoms with Crippen molar-refractivity contribution in [2.75, 3.05) is 6.54 Å². The van der Waals surface area contributed by atoms with Gasteiger partial charge in [0.2, 0.25) is 11.8 Å². The van der Waals surface area contributed by atoms with E-state index in [2.05, 4.69) is 16.7 Å². The molecule has 106 valence electrons. The van der Waals surface area contributed by atoms with Gasteiger partial charge in [-0.15, -0.1) is 0 Å². The van der Waals surface area contributed by atoms with E-state index in [1.165, 1.54) is 0 Å². The number of nitrogens with one attached hydrogen (secondary N) is 2. The van der Waals surface area contributed by atoms with Crippen molar-refractivity contribution >= 4 is 11.8 Å². The van der Waals surface area contributed by atoms with Crippen LogP contribution in [0, 0.1) is 16.7 Å². The third-order valence-corrected chi connectivity index (χ3v) is 3.65. The molecule has 0 aromatic heterocycles. The van der Waals surface area contributed by atoms with Crippen LogP contribution in [0.5, 0.6) is 0 Å². The molecule has 5 heteroatoms. The molecule has 1 rings (SSSR count). The summed E-state index contributed by atoms with van der Waals surface area (Å²) in [7, 11) is 0. The van der Waals surface area contributed by atoms with Crippen LogP contribution in [0.4, 0.5) is 0 Å². The van der Waals surface area contributed by atoms with E-state index in [9.17, 15) is 14.9 Å². The predicted molar refractivity (Wildman–Crippen MR) is 72.0 cm³/mol. The average Bonchev–Trinajstić information content (AvgIpc) is 2.45. The van der Waals surface area contributed by atoms with E-state index in [1.54, 1.807) is 6.92 Å². The van der Waals surface area contributed by atoms with E-state index >= 15 is 0 Å². The molecule has 0 radical (unpaired) electrons. The average molecular weight is 265 g/mol. The van der Waals surface area contributed by atoms with Crippen molar-refractivity contribution in [1.29, 1.82) is 5.26 Å². The van der Waals surface area contributed by atoms with Crippen LogP contribution in [0.25, 0.3) is 0 Å². The first kappa shape index (κ1) is 15.5. The zero-order chi connectivity index (χ0) is 14.3. The highest BCUT2D eigenvalue weighted by Crippen LogP contribution is 2.35. The third kappa shape index (κ3) is 3.95. The lowest BCUT2D eigenvalue weighted by atomic mass is 9.74. The number of hydrogen-bond donors (Lipinski definition) is 2. The number of carbonyl (C=O) groups excluding carboxylic acids is 2. The lowest BCUT2D eigenvalue weighted by Gasteiger charge is -2.30. The Morgan fingerprint density at radius 1 is 1.32 bits per heavy atom. The Bertz CT molecular complexity index is 367. The molecule has 1 unspecified atom stereocenters. The highest BCUT2D eigenvalue weighted by Gasteiger charge is 2.40. The second-order valence-electron chi connectivity index (χ2n) is 5.24. The summed E-state index contributed by atoms with van der Waals surface area (Å²) in [5.74, 6) is -0.493. The van der Waals surface area contributed by atoms with Gasteiger partial charge in [-0.3, -0.25) is 9.59 Å². The zero-order valence-electron chi connectivity index (χ0n) is 11.8. The number of amides is 2. The van der Waals surface area contributed by atoms with E-state index in [0.29, 0.717) is 19.4 Å². The Labute approximate surface area is 114 Å². The van der Waals surface area contributed by atoms with Gasteiger partial charge in [-0.2, -0.15) is 5.26 Å². The second kappa shape index (κ2) is 7.13. The Morgan fingerprint density at radius 3 is 2.47 bits per heavy atom. The van der Waals surface area contributed by atoms with Crippen LogP contribution >= 0.6 is 0 Å². The molecule has 2 amide bonds. The molecule has 1 aliphatic carbocycles. The molecule has 2 N–H and O–H groups in total. The van der Waals surface area contributed by atoms with Crippen LogP contribution in [0.15, 0.2) is 0 Å². The fourth-order valence-electron chi connectivity index (χ4n) is 2.35. The van der Waals surface area contributed by atoms with Crippen molar-refractivity contribution in [2.45, 2.75) is 58.4 Å². The minimum absolute atomic E-state index is 0.195. The molecule has 0 saturated heterocycles. The van der Waals surface area contributed by atoms with E-state index < -0.39 is 11.5 Å². The zero-order valence-corrected chi connectivity index (χ0v) is 11.8. The van der Waals surface area contributed by atoms with Gasteiger partial charge in [0.15, 0.2) is 0 Å². The summed E-state index contributed by atoms with van der Waals surface area (Å²) in [4.78, 5) is 23.9. The van der Waals surface area contributed by atoms with Gasteiger partial charge >= 0.3 is 0 Å². The van der Waals surface area contributed by atoms with E-state index in [-0.39, 0.29) is 11.8 Å². The first-order valence-electron chi connectivity index (χ1n) is 7.05. The predicted octanol–water partition coefficient (Wildman–Crippen LogP) is 1.49. The number of rotatable bonds is 5. The maximum atomic E-state index is 12.2. The van der Waals surface area contributed by atoms with Crippen molar-refractivity contribution < 1.29 is 9.59 Å². The number of carbonyl (C=O) groups is 2. The van der Waals surface area contributed by atoms with E-state index in [1.807, 2.05) is 6.92 Å². The van der Waals surface area contributed by atoms with Gasteiger partial charge in [-0.1, -0.05) is 26.2 Å². The van der Waals surface area contributed by atoms with Gasteiger partial charge in [-0.25, -0.2) is 0 Å². The lowest BCUT2D eigenvalue weighted by Crippen LogP contribution is -2.50. The molecule has 1 fully saturated rings. The van der Waals surface area contributed by atoms with Crippen molar-refractivity contribution in [3.63, 3.8) is 0 Å². The van der Waals surface area contributed by atoms with Gasteiger partial charge in [0.1, 0.15) is 11.5 Å². The Balaban J connectivity index is 2.57. The molecule has 19 heavy (non-hydrogen) atoms. The maximum absolute atomic E-state index is 12.2. The van der Waals surface area contributed by atoms with Gasteiger partial charge < -0.3 is 10.6 Å². The summed E-state index contributed by atoms with van der Waals surface area (Å²) in [5, 5.41) is 14.7. The van der Waals surface area contributed by atoms with Gasteiger partial charge in [0.05, 0.1) is 6.07 Å². The quantitative estimate of drug-likeness (QED) is 0.790. The molecular formula is C14H23N3O2. The molecule has 1 saturated carbocycles. The molecule has 0 bridgehead atoms. The van der Waals surface area contributed by atoms with Crippen molar-refractivity contribution in [3.8, 4) is 6.07 Å². The van der Waals surface area contributed by atoms with Gasteiger partial charge in [-0.05, 0) is 26.2 Å². The SMILES string of the molecule is CCCNC(=O)C(C)NC(=O)C1(C#N)CCCCC1. The summed E-state index contributed by atoms with van der Waals surface area (Å²) in [6, 6.07) is 1.57. The highest BCUT2D eigenvalue weighted by atomic mass is 16.2.